The molecule has 1 aromatic heterocycles. The topological polar surface area (TPSA) is 43.8 Å². The molecule has 4 heteroatoms. The zero-order valence-electron chi connectivity index (χ0n) is 10.9. The van der Waals surface area contributed by atoms with Crippen LogP contribution in [0.15, 0.2) is 0 Å². The van der Waals surface area contributed by atoms with E-state index >= 15 is 0 Å². The van der Waals surface area contributed by atoms with Gasteiger partial charge in [0.25, 0.3) is 0 Å². The van der Waals surface area contributed by atoms with Crippen LogP contribution in [-0.4, -0.2) is 15.8 Å². The summed E-state index contributed by atoms with van der Waals surface area (Å²) in [5, 5.41) is 5.24. The second-order valence-corrected chi connectivity index (χ2v) is 5.63. The van der Waals surface area contributed by atoms with E-state index in [0.717, 1.165) is 35.2 Å². The van der Waals surface area contributed by atoms with Gasteiger partial charge in [0, 0.05) is 19.5 Å². The van der Waals surface area contributed by atoms with Crippen molar-refractivity contribution in [3.63, 3.8) is 0 Å². The van der Waals surface area contributed by atoms with Crippen molar-refractivity contribution in [1.29, 1.82) is 0 Å². The van der Waals surface area contributed by atoms with E-state index in [1.165, 1.54) is 12.8 Å². The van der Waals surface area contributed by atoms with Crippen molar-refractivity contribution in [2.75, 3.05) is 0 Å². The first kappa shape index (κ1) is 12.9. The summed E-state index contributed by atoms with van der Waals surface area (Å²) in [4.78, 5) is 0. The average molecular weight is 256 g/mol. The Balaban J connectivity index is 2.09. The van der Waals surface area contributed by atoms with Gasteiger partial charge in [0.05, 0.1) is 16.4 Å². The van der Waals surface area contributed by atoms with E-state index < -0.39 is 0 Å². The van der Waals surface area contributed by atoms with Crippen molar-refractivity contribution < 1.29 is 0 Å². The highest BCUT2D eigenvalue weighted by molar-refractivity contribution is 6.31. The molecule has 1 fully saturated rings. The summed E-state index contributed by atoms with van der Waals surface area (Å²) in [5.41, 5.74) is 8.35. The average Bonchev–Trinajstić information content (AvgIpc) is 3.10. The van der Waals surface area contributed by atoms with E-state index in [1.807, 2.05) is 11.7 Å². The molecule has 3 nitrogen and oxygen atoms in total. The minimum Gasteiger partial charge on any atom is -0.327 e. The van der Waals surface area contributed by atoms with Crippen molar-refractivity contribution in [1.82, 2.24) is 9.78 Å². The van der Waals surface area contributed by atoms with E-state index in [-0.39, 0.29) is 6.04 Å². The van der Waals surface area contributed by atoms with Crippen LogP contribution in [0.25, 0.3) is 0 Å². The van der Waals surface area contributed by atoms with Gasteiger partial charge in [-0.3, -0.25) is 4.68 Å². The second-order valence-electron chi connectivity index (χ2n) is 5.25. The van der Waals surface area contributed by atoms with Crippen molar-refractivity contribution in [3.8, 4) is 0 Å². The fourth-order valence-corrected chi connectivity index (χ4v) is 2.79. The highest BCUT2D eigenvalue weighted by Gasteiger charge is 2.32. The molecule has 1 saturated carbocycles. The first-order valence-corrected chi connectivity index (χ1v) is 6.88. The minimum absolute atomic E-state index is 0.195. The van der Waals surface area contributed by atoms with Crippen LogP contribution in [0.5, 0.6) is 0 Å². The molecule has 2 rings (SSSR count). The summed E-state index contributed by atoms with van der Waals surface area (Å²) >= 11 is 6.33. The molecule has 2 N–H and O–H groups in total. The van der Waals surface area contributed by atoms with Gasteiger partial charge in [-0.15, -0.1) is 0 Å². The molecule has 17 heavy (non-hydrogen) atoms. The van der Waals surface area contributed by atoms with Gasteiger partial charge in [0.1, 0.15) is 0 Å². The lowest BCUT2D eigenvalue weighted by Crippen LogP contribution is -2.32. The predicted octanol–water partition coefficient (Wildman–Crippen LogP) is 2.55. The Bertz CT molecular complexity index is 396. The largest absolute Gasteiger partial charge is 0.327 e. The molecule has 2 atom stereocenters. The van der Waals surface area contributed by atoms with E-state index in [1.54, 1.807) is 0 Å². The Hall–Kier alpha value is -0.540. The van der Waals surface area contributed by atoms with E-state index in [9.17, 15) is 0 Å². The lowest BCUT2D eigenvalue weighted by atomic mass is 9.93. The highest BCUT2D eigenvalue weighted by Crippen LogP contribution is 2.38. The Morgan fingerprint density at radius 2 is 2.18 bits per heavy atom. The number of aromatic nitrogens is 2. The number of nitrogens with two attached hydrogens (primary N) is 1. The van der Waals surface area contributed by atoms with Crippen LogP contribution in [0.4, 0.5) is 0 Å². The SMILES string of the molecule is CCc1nn(C)c(CC(N)C(C)C2CC2)c1Cl. The number of halogens is 1. The molecule has 0 radical (unpaired) electrons. The third-order valence-corrected chi connectivity index (χ3v) is 4.41. The van der Waals surface area contributed by atoms with Crippen molar-refractivity contribution >= 4 is 11.6 Å². The summed E-state index contributed by atoms with van der Waals surface area (Å²) in [6, 6.07) is 0.195. The predicted molar refractivity (Wildman–Crippen MR) is 71.2 cm³/mol. The van der Waals surface area contributed by atoms with Crippen LogP contribution in [-0.2, 0) is 19.9 Å². The first-order chi connectivity index (χ1) is 8.04. The van der Waals surface area contributed by atoms with E-state index in [4.69, 9.17) is 17.3 Å². The number of rotatable bonds is 5. The van der Waals surface area contributed by atoms with Gasteiger partial charge in [-0.1, -0.05) is 25.4 Å². The Kier molecular flexibility index (Phi) is 3.79. The molecule has 0 spiro atoms. The van der Waals surface area contributed by atoms with E-state index in [0.29, 0.717) is 5.92 Å². The van der Waals surface area contributed by atoms with E-state index in [2.05, 4.69) is 18.9 Å². The highest BCUT2D eigenvalue weighted by atomic mass is 35.5. The van der Waals surface area contributed by atoms with Crippen molar-refractivity contribution in [2.45, 2.75) is 45.6 Å². The fourth-order valence-electron chi connectivity index (χ4n) is 2.42. The van der Waals surface area contributed by atoms with Gasteiger partial charge in [-0.25, -0.2) is 0 Å². The quantitative estimate of drug-likeness (QED) is 0.879. The second kappa shape index (κ2) is 4.99. The minimum atomic E-state index is 0.195. The molecule has 0 amide bonds. The van der Waals surface area contributed by atoms with Gasteiger partial charge < -0.3 is 5.73 Å². The number of hydrogen-bond acceptors (Lipinski definition) is 2. The van der Waals surface area contributed by atoms with Crippen molar-refractivity contribution in [3.05, 3.63) is 16.4 Å². The number of hydrogen-bond donors (Lipinski definition) is 1. The van der Waals surface area contributed by atoms with Crippen LogP contribution in [0.3, 0.4) is 0 Å². The molecule has 1 aliphatic rings. The molecule has 2 unspecified atom stereocenters. The summed E-state index contributed by atoms with van der Waals surface area (Å²) < 4.78 is 1.89. The van der Waals surface area contributed by atoms with Crippen LogP contribution < -0.4 is 5.73 Å². The third kappa shape index (κ3) is 2.66. The molecule has 96 valence electrons. The maximum absolute atomic E-state index is 6.33. The molecule has 0 aromatic carbocycles. The van der Waals surface area contributed by atoms with Gasteiger partial charge in [0.2, 0.25) is 0 Å². The molecule has 0 aliphatic heterocycles. The van der Waals surface area contributed by atoms with Crippen molar-refractivity contribution in [2.24, 2.45) is 24.6 Å². The van der Waals surface area contributed by atoms with Gasteiger partial charge in [0.15, 0.2) is 0 Å². The normalized spacial score (nSPS) is 19.4. The molecule has 1 aliphatic carbocycles. The standard InChI is InChI=1S/C13H22ClN3/c1-4-11-13(14)12(17(3)16-11)7-10(15)8(2)9-5-6-9/h8-10H,4-7,15H2,1-3H3. The summed E-state index contributed by atoms with van der Waals surface area (Å²) in [7, 11) is 1.95. The first-order valence-electron chi connectivity index (χ1n) is 6.50. The molecule has 1 aromatic rings. The molecular formula is C13H22ClN3. The van der Waals surface area contributed by atoms with Crippen LogP contribution in [0.2, 0.25) is 5.02 Å². The summed E-state index contributed by atoms with van der Waals surface area (Å²) in [5.74, 6) is 1.42. The lowest BCUT2D eigenvalue weighted by Gasteiger charge is -2.19. The maximum Gasteiger partial charge on any atom is 0.0850 e. The third-order valence-electron chi connectivity index (χ3n) is 3.97. The zero-order valence-corrected chi connectivity index (χ0v) is 11.7. The van der Waals surface area contributed by atoms with Crippen LogP contribution >= 0.6 is 11.6 Å². The smallest absolute Gasteiger partial charge is 0.0850 e. The lowest BCUT2D eigenvalue weighted by molar-refractivity contribution is 0.398. The maximum atomic E-state index is 6.33. The monoisotopic (exact) mass is 255 g/mol. The summed E-state index contributed by atoms with van der Waals surface area (Å²) in [6.45, 7) is 4.33. The van der Waals surface area contributed by atoms with Crippen LogP contribution in [0, 0.1) is 11.8 Å². The molecule has 1 heterocycles. The molecular weight excluding hydrogens is 234 g/mol. The fraction of sp³-hybridized carbons (Fsp3) is 0.769. The Morgan fingerprint density at radius 1 is 1.53 bits per heavy atom. The summed E-state index contributed by atoms with van der Waals surface area (Å²) in [6.07, 6.45) is 4.39. The van der Waals surface area contributed by atoms with Gasteiger partial charge in [-0.05, 0) is 31.1 Å². The van der Waals surface area contributed by atoms with Gasteiger partial charge >= 0.3 is 0 Å². The Labute approximate surface area is 108 Å². The number of nitrogens with zero attached hydrogens (tertiary/aromatic N) is 2. The van der Waals surface area contributed by atoms with Crippen LogP contribution in [0.1, 0.15) is 38.1 Å². The Morgan fingerprint density at radius 3 is 2.65 bits per heavy atom. The number of aryl methyl sites for hydroxylation is 2. The molecule has 0 bridgehead atoms. The van der Waals surface area contributed by atoms with Gasteiger partial charge in [-0.2, -0.15) is 5.10 Å². The molecule has 0 saturated heterocycles. The zero-order chi connectivity index (χ0) is 12.6.